The summed E-state index contributed by atoms with van der Waals surface area (Å²) in [6.07, 6.45) is 3.16. The number of hydrogen-bond acceptors (Lipinski definition) is 5. The van der Waals surface area contributed by atoms with E-state index in [0.29, 0.717) is 25.2 Å². The zero-order valence-electron chi connectivity index (χ0n) is 12.2. The van der Waals surface area contributed by atoms with Crippen molar-refractivity contribution in [2.45, 2.75) is 36.4 Å². The van der Waals surface area contributed by atoms with Gasteiger partial charge in [0.1, 0.15) is 0 Å². The number of hydrogen-bond donors (Lipinski definition) is 2. The Labute approximate surface area is 135 Å². The maximum Gasteiger partial charge on any atom is 0.289 e. The Bertz CT molecular complexity index is 645. The van der Waals surface area contributed by atoms with Crippen molar-refractivity contribution in [2.24, 2.45) is 0 Å². The second-order valence-corrected chi connectivity index (χ2v) is 7.32. The first-order valence-corrected chi connectivity index (χ1v) is 8.56. The highest BCUT2D eigenvalue weighted by molar-refractivity contribution is 7.89. The van der Waals surface area contributed by atoms with Crippen LogP contribution in [0.4, 0.5) is 0 Å². The molecule has 0 aliphatic carbocycles. The normalized spacial score (nSPS) is 24.7. The fourth-order valence-corrected chi connectivity index (χ4v) is 3.61. The molecule has 7 nitrogen and oxygen atoms in total. The molecular formula is C13H20ClN3O4S. The largest absolute Gasteiger partial charge is 0.438 e. The lowest BCUT2D eigenvalue weighted by molar-refractivity contribution is 0.0710. The van der Waals surface area contributed by atoms with Crippen LogP contribution in [-0.2, 0) is 10.0 Å². The van der Waals surface area contributed by atoms with Gasteiger partial charge in [-0.1, -0.05) is 0 Å². The lowest BCUT2D eigenvalue weighted by Gasteiger charge is -2.23. The number of halogens is 1. The number of nitrogens with one attached hydrogen (secondary N) is 2. The Morgan fingerprint density at radius 1 is 1.32 bits per heavy atom. The summed E-state index contributed by atoms with van der Waals surface area (Å²) >= 11 is 0. The minimum absolute atomic E-state index is 0. The van der Waals surface area contributed by atoms with Gasteiger partial charge in [0.05, 0.1) is 0 Å². The lowest BCUT2D eigenvalue weighted by atomic mass is 10.1. The number of sulfonamides is 1. The number of carbonyl (C=O) groups is 1. The molecule has 3 rings (SSSR count). The second kappa shape index (κ2) is 6.57. The molecule has 22 heavy (non-hydrogen) atoms. The van der Waals surface area contributed by atoms with Crippen molar-refractivity contribution in [1.82, 2.24) is 14.9 Å². The average Bonchev–Trinajstić information content (AvgIpc) is 3.05. The molecule has 1 aromatic rings. The van der Waals surface area contributed by atoms with E-state index in [0.717, 1.165) is 19.3 Å². The van der Waals surface area contributed by atoms with E-state index in [2.05, 4.69) is 10.0 Å². The molecule has 3 heterocycles. The molecule has 1 amide bonds. The van der Waals surface area contributed by atoms with Gasteiger partial charge in [0.2, 0.25) is 5.09 Å². The van der Waals surface area contributed by atoms with Crippen LogP contribution in [0.5, 0.6) is 0 Å². The van der Waals surface area contributed by atoms with Gasteiger partial charge in [-0.25, -0.2) is 13.1 Å². The van der Waals surface area contributed by atoms with Gasteiger partial charge >= 0.3 is 0 Å². The average molecular weight is 350 g/mol. The van der Waals surface area contributed by atoms with Crippen molar-refractivity contribution in [3.05, 3.63) is 17.9 Å². The first-order valence-electron chi connectivity index (χ1n) is 7.08. The van der Waals surface area contributed by atoms with Crippen LogP contribution in [0, 0.1) is 0 Å². The monoisotopic (exact) mass is 349 g/mol. The van der Waals surface area contributed by atoms with Crippen molar-refractivity contribution in [1.29, 1.82) is 0 Å². The van der Waals surface area contributed by atoms with Crippen molar-refractivity contribution in [2.75, 3.05) is 20.1 Å². The first-order chi connectivity index (χ1) is 9.99. The summed E-state index contributed by atoms with van der Waals surface area (Å²) < 4.78 is 30.6. The van der Waals surface area contributed by atoms with Crippen LogP contribution in [0.2, 0.25) is 0 Å². The number of carbonyl (C=O) groups excluding carboxylic acids is 1. The summed E-state index contributed by atoms with van der Waals surface area (Å²) in [4.78, 5) is 14.2. The van der Waals surface area contributed by atoms with E-state index in [4.69, 9.17) is 4.42 Å². The van der Waals surface area contributed by atoms with Gasteiger partial charge in [-0.3, -0.25) is 4.79 Å². The fourth-order valence-electron chi connectivity index (χ4n) is 2.96. The summed E-state index contributed by atoms with van der Waals surface area (Å²) in [6, 6.07) is 3.55. The van der Waals surface area contributed by atoms with E-state index in [1.165, 1.54) is 19.2 Å². The highest BCUT2D eigenvalue weighted by Gasteiger charge is 2.32. The first kappa shape index (κ1) is 17.3. The fraction of sp³-hybridized carbons (Fsp3) is 0.615. The maximum atomic E-state index is 12.4. The molecular weight excluding hydrogens is 330 g/mol. The minimum Gasteiger partial charge on any atom is -0.438 e. The molecule has 2 saturated heterocycles. The number of nitrogens with zero attached hydrogens (tertiary/aromatic N) is 1. The molecule has 124 valence electrons. The van der Waals surface area contributed by atoms with E-state index in [-0.39, 0.29) is 29.2 Å². The van der Waals surface area contributed by atoms with Crippen LogP contribution in [0.25, 0.3) is 0 Å². The van der Waals surface area contributed by atoms with Gasteiger partial charge in [-0.05, 0) is 38.4 Å². The summed E-state index contributed by atoms with van der Waals surface area (Å²) in [6.45, 7) is 1.31. The number of amides is 1. The van der Waals surface area contributed by atoms with Crippen molar-refractivity contribution in [3.8, 4) is 0 Å². The molecule has 0 spiro atoms. The molecule has 0 saturated carbocycles. The summed E-state index contributed by atoms with van der Waals surface area (Å²) in [5.74, 6) is -0.177. The number of fused-ring (bicyclic) bond motifs is 2. The van der Waals surface area contributed by atoms with Crippen LogP contribution in [0.3, 0.4) is 0 Å². The van der Waals surface area contributed by atoms with Crippen molar-refractivity contribution >= 4 is 28.3 Å². The van der Waals surface area contributed by atoms with Gasteiger partial charge in [0.25, 0.3) is 15.9 Å². The third-order valence-corrected chi connectivity index (χ3v) is 5.42. The quantitative estimate of drug-likeness (QED) is 0.832. The Morgan fingerprint density at radius 3 is 2.77 bits per heavy atom. The highest BCUT2D eigenvalue weighted by atomic mass is 35.5. The zero-order valence-corrected chi connectivity index (χ0v) is 13.9. The molecule has 1 aromatic heterocycles. The van der Waals surface area contributed by atoms with Crippen LogP contribution in [0.1, 0.15) is 29.8 Å². The molecule has 2 unspecified atom stereocenters. The van der Waals surface area contributed by atoms with Crippen LogP contribution in [0.15, 0.2) is 21.6 Å². The molecule has 2 bridgehead atoms. The molecule has 0 radical (unpaired) electrons. The lowest BCUT2D eigenvalue weighted by Crippen LogP contribution is -2.38. The zero-order chi connectivity index (χ0) is 15.0. The van der Waals surface area contributed by atoms with E-state index < -0.39 is 10.0 Å². The molecule has 2 N–H and O–H groups in total. The van der Waals surface area contributed by atoms with E-state index in [1.54, 1.807) is 4.90 Å². The van der Waals surface area contributed by atoms with Gasteiger partial charge < -0.3 is 14.6 Å². The molecule has 2 atom stereocenters. The Kier molecular flexibility index (Phi) is 5.16. The summed E-state index contributed by atoms with van der Waals surface area (Å²) in [5.41, 5.74) is 0. The van der Waals surface area contributed by atoms with Gasteiger partial charge in [-0.15, -0.1) is 12.4 Å². The minimum atomic E-state index is -3.66. The van der Waals surface area contributed by atoms with Crippen LogP contribution >= 0.6 is 12.4 Å². The van der Waals surface area contributed by atoms with Crippen LogP contribution < -0.4 is 10.0 Å². The third-order valence-electron chi connectivity index (χ3n) is 4.14. The number of furan rings is 1. The van der Waals surface area contributed by atoms with Crippen LogP contribution in [-0.4, -0.2) is 51.4 Å². The SMILES string of the molecule is CNS(=O)(=O)c1ccc(C(=O)N2CCC3CCC(C2)N3)o1.Cl. The predicted octanol–water partition coefficient (Wildman–Crippen LogP) is 0.576. The highest BCUT2D eigenvalue weighted by Crippen LogP contribution is 2.22. The Hall–Kier alpha value is -1.09. The maximum absolute atomic E-state index is 12.4. The molecule has 2 aliphatic rings. The second-order valence-electron chi connectivity index (χ2n) is 5.50. The van der Waals surface area contributed by atoms with Gasteiger partial charge in [-0.2, -0.15) is 0 Å². The van der Waals surface area contributed by atoms with Gasteiger partial charge in [0, 0.05) is 25.2 Å². The summed E-state index contributed by atoms with van der Waals surface area (Å²) in [5, 5.41) is 3.26. The van der Waals surface area contributed by atoms with E-state index in [9.17, 15) is 13.2 Å². The molecule has 2 aliphatic heterocycles. The van der Waals surface area contributed by atoms with Crippen molar-refractivity contribution < 1.29 is 17.6 Å². The molecule has 2 fully saturated rings. The van der Waals surface area contributed by atoms with Gasteiger partial charge in [0.15, 0.2) is 5.76 Å². The summed E-state index contributed by atoms with van der Waals surface area (Å²) in [7, 11) is -2.35. The topological polar surface area (TPSA) is 91.7 Å². The third kappa shape index (κ3) is 3.29. The Balaban J connectivity index is 0.00000176. The Morgan fingerprint density at radius 2 is 2.05 bits per heavy atom. The van der Waals surface area contributed by atoms with E-state index in [1.807, 2.05) is 0 Å². The number of likely N-dealkylation sites (tertiary alicyclic amines) is 1. The smallest absolute Gasteiger partial charge is 0.289 e. The molecule has 9 heteroatoms. The molecule has 0 aromatic carbocycles. The standard InChI is InChI=1S/C13H19N3O4S.ClH/c1-14-21(18,19)12-5-4-11(20-12)13(17)16-7-6-9-2-3-10(8-16)15-9;/h4-5,9-10,14-15H,2-3,6-8H2,1H3;1H. The van der Waals surface area contributed by atoms with Crippen molar-refractivity contribution in [3.63, 3.8) is 0 Å². The van der Waals surface area contributed by atoms with E-state index >= 15 is 0 Å². The number of rotatable bonds is 3. The predicted molar refractivity (Wildman–Crippen MR) is 82.7 cm³/mol.